The van der Waals surface area contributed by atoms with Crippen LogP contribution in [0.25, 0.3) is 11.1 Å². The third-order valence-corrected chi connectivity index (χ3v) is 4.49. The highest BCUT2D eigenvalue weighted by molar-refractivity contribution is 5.69. The summed E-state index contributed by atoms with van der Waals surface area (Å²) in [6.07, 6.45) is 0. The molecule has 1 heterocycles. The van der Waals surface area contributed by atoms with Crippen LogP contribution in [0.3, 0.4) is 0 Å². The van der Waals surface area contributed by atoms with Gasteiger partial charge in [0.15, 0.2) is 6.61 Å². The maximum Gasteiger partial charge on any atom is 0.341 e. The Balaban J connectivity index is 1.87. The molecule has 144 valence electrons. The number of hydrogen-bond acceptors (Lipinski definition) is 4. The van der Waals surface area contributed by atoms with Crippen molar-refractivity contribution in [3.8, 4) is 16.9 Å². The van der Waals surface area contributed by atoms with E-state index in [1.54, 1.807) is 18.2 Å². The number of carboxylic acid groups (broad SMARTS) is 1. The van der Waals surface area contributed by atoms with E-state index in [2.05, 4.69) is 18.7 Å². The normalized spacial score (nSPS) is 16.9. The molecule has 0 bridgehead atoms. The van der Waals surface area contributed by atoms with Crippen LogP contribution >= 0.6 is 0 Å². The molecule has 3 rings (SSSR count). The van der Waals surface area contributed by atoms with Gasteiger partial charge in [0.25, 0.3) is 0 Å². The zero-order chi connectivity index (χ0) is 19.4. The van der Waals surface area contributed by atoms with Crippen molar-refractivity contribution in [1.29, 1.82) is 0 Å². The van der Waals surface area contributed by atoms with Crippen molar-refractivity contribution in [3.05, 3.63) is 53.8 Å². The van der Waals surface area contributed by atoms with Crippen LogP contribution in [0.1, 0.15) is 19.4 Å². The molecule has 0 spiro atoms. The van der Waals surface area contributed by atoms with Gasteiger partial charge in [-0.15, -0.1) is 0 Å². The summed E-state index contributed by atoms with van der Waals surface area (Å²) in [7, 11) is 0. The summed E-state index contributed by atoms with van der Waals surface area (Å²) < 4.78 is 24.5. The van der Waals surface area contributed by atoms with E-state index >= 15 is 0 Å². The van der Waals surface area contributed by atoms with E-state index in [0.29, 0.717) is 18.9 Å². The highest BCUT2D eigenvalue weighted by Gasteiger charge is 2.27. The average Bonchev–Trinajstić information content (AvgIpc) is 2.60. The van der Waals surface area contributed by atoms with Gasteiger partial charge in [0, 0.05) is 25.2 Å². The molecule has 0 saturated carbocycles. The van der Waals surface area contributed by atoms with Crippen LogP contribution in [0.2, 0.25) is 0 Å². The third-order valence-electron chi connectivity index (χ3n) is 4.49. The monoisotopic (exact) mass is 373 g/mol. The Morgan fingerprint density at radius 2 is 1.93 bits per heavy atom. The lowest BCUT2D eigenvalue weighted by Gasteiger charge is -2.38. The van der Waals surface area contributed by atoms with Crippen molar-refractivity contribution in [3.63, 3.8) is 0 Å². The minimum absolute atomic E-state index is 0.227. The lowest BCUT2D eigenvalue weighted by atomic mass is 10.0. The number of halogens is 1. The number of morpholine rings is 1. The van der Waals surface area contributed by atoms with Crippen LogP contribution in [-0.2, 0) is 16.1 Å². The number of aliphatic carboxylic acids is 1. The summed E-state index contributed by atoms with van der Waals surface area (Å²) >= 11 is 0. The largest absolute Gasteiger partial charge is 0.482 e. The fourth-order valence-electron chi connectivity index (χ4n) is 3.30. The fourth-order valence-corrected chi connectivity index (χ4v) is 3.30. The number of hydrogen-bond donors (Lipinski definition) is 1. The summed E-state index contributed by atoms with van der Waals surface area (Å²) in [5.74, 6) is -0.750. The number of rotatable bonds is 6. The molecule has 2 aromatic rings. The third kappa shape index (κ3) is 5.28. The molecule has 6 heteroatoms. The van der Waals surface area contributed by atoms with Crippen LogP contribution in [0.15, 0.2) is 42.5 Å². The molecular weight excluding hydrogens is 349 g/mol. The van der Waals surface area contributed by atoms with E-state index in [0.717, 1.165) is 29.8 Å². The number of carboxylic acids is 1. The molecule has 1 fully saturated rings. The van der Waals surface area contributed by atoms with Crippen LogP contribution in [0.5, 0.6) is 5.75 Å². The quantitative estimate of drug-likeness (QED) is 0.839. The fraction of sp³-hybridized carbons (Fsp3) is 0.381. The summed E-state index contributed by atoms with van der Waals surface area (Å²) in [4.78, 5) is 13.2. The number of carbonyl (C=O) groups is 1. The van der Waals surface area contributed by atoms with E-state index in [9.17, 15) is 9.18 Å². The second kappa shape index (κ2) is 8.06. The standard InChI is InChI=1S/C21H24FNO4/c1-21(2)14-23(9-10-27-21)12-17-11-16(15-3-6-18(22)7-4-15)5-8-19(17)26-13-20(24)25/h3-8,11H,9-10,12-14H2,1-2H3,(H,24,25). The zero-order valence-electron chi connectivity index (χ0n) is 15.6. The minimum Gasteiger partial charge on any atom is -0.482 e. The van der Waals surface area contributed by atoms with Crippen molar-refractivity contribution < 1.29 is 23.8 Å². The first-order chi connectivity index (χ1) is 12.8. The Labute approximate surface area is 158 Å². The predicted octanol–water partition coefficient (Wildman–Crippen LogP) is 3.57. The molecule has 1 saturated heterocycles. The SMILES string of the molecule is CC1(C)CN(Cc2cc(-c3ccc(F)cc3)ccc2OCC(=O)O)CCO1. The average molecular weight is 373 g/mol. The molecule has 1 aliphatic rings. The van der Waals surface area contributed by atoms with Crippen LogP contribution in [-0.4, -0.2) is 47.9 Å². The van der Waals surface area contributed by atoms with Gasteiger partial charge in [-0.2, -0.15) is 0 Å². The highest BCUT2D eigenvalue weighted by Crippen LogP contribution is 2.29. The Morgan fingerprint density at radius 1 is 1.22 bits per heavy atom. The molecule has 0 aliphatic carbocycles. The topological polar surface area (TPSA) is 59.0 Å². The van der Waals surface area contributed by atoms with Crippen molar-refractivity contribution in [1.82, 2.24) is 4.90 Å². The van der Waals surface area contributed by atoms with Crippen molar-refractivity contribution in [2.75, 3.05) is 26.3 Å². The van der Waals surface area contributed by atoms with Gasteiger partial charge in [-0.05, 0) is 49.2 Å². The predicted molar refractivity (Wildman–Crippen MR) is 100 cm³/mol. The second-order valence-corrected chi connectivity index (χ2v) is 7.33. The maximum atomic E-state index is 13.2. The zero-order valence-corrected chi connectivity index (χ0v) is 15.6. The smallest absolute Gasteiger partial charge is 0.341 e. The van der Waals surface area contributed by atoms with Gasteiger partial charge in [-0.3, -0.25) is 4.90 Å². The molecule has 0 unspecified atom stereocenters. The van der Waals surface area contributed by atoms with Gasteiger partial charge in [-0.1, -0.05) is 18.2 Å². The first-order valence-electron chi connectivity index (χ1n) is 8.92. The molecule has 5 nitrogen and oxygen atoms in total. The van der Waals surface area contributed by atoms with E-state index in [1.165, 1.54) is 12.1 Å². The van der Waals surface area contributed by atoms with Crippen LogP contribution in [0.4, 0.5) is 4.39 Å². The first kappa shape index (κ1) is 19.3. The Kier molecular flexibility index (Phi) is 5.77. The summed E-state index contributed by atoms with van der Waals surface area (Å²) in [5.41, 5.74) is 2.50. The van der Waals surface area contributed by atoms with E-state index in [-0.39, 0.29) is 11.4 Å². The molecule has 27 heavy (non-hydrogen) atoms. The summed E-state index contributed by atoms with van der Waals surface area (Å²) in [6.45, 7) is 6.55. The molecule has 0 atom stereocenters. The van der Waals surface area contributed by atoms with Gasteiger partial charge in [0.1, 0.15) is 11.6 Å². The van der Waals surface area contributed by atoms with Gasteiger partial charge in [-0.25, -0.2) is 9.18 Å². The second-order valence-electron chi connectivity index (χ2n) is 7.33. The lowest BCUT2D eigenvalue weighted by Crippen LogP contribution is -2.47. The van der Waals surface area contributed by atoms with E-state index < -0.39 is 12.6 Å². The van der Waals surface area contributed by atoms with Gasteiger partial charge in [0.05, 0.1) is 12.2 Å². The lowest BCUT2D eigenvalue weighted by molar-refractivity contribution is -0.139. The van der Waals surface area contributed by atoms with Gasteiger partial charge in [0.2, 0.25) is 0 Å². The molecule has 1 aliphatic heterocycles. The minimum atomic E-state index is -1.02. The molecule has 0 radical (unpaired) electrons. The molecule has 0 amide bonds. The summed E-state index contributed by atoms with van der Waals surface area (Å²) in [6, 6.07) is 11.9. The molecule has 0 aromatic heterocycles. The number of nitrogens with zero attached hydrogens (tertiary/aromatic N) is 1. The van der Waals surface area contributed by atoms with Crippen LogP contribution < -0.4 is 4.74 Å². The van der Waals surface area contributed by atoms with Crippen molar-refractivity contribution in [2.24, 2.45) is 0 Å². The molecule has 2 aromatic carbocycles. The Bertz CT molecular complexity index is 804. The molecule has 1 N–H and O–H groups in total. The van der Waals surface area contributed by atoms with E-state index in [1.807, 2.05) is 12.1 Å². The summed E-state index contributed by atoms with van der Waals surface area (Å²) in [5, 5.41) is 8.93. The van der Waals surface area contributed by atoms with Crippen LogP contribution in [0, 0.1) is 5.82 Å². The first-order valence-corrected chi connectivity index (χ1v) is 8.92. The highest BCUT2D eigenvalue weighted by atomic mass is 19.1. The Morgan fingerprint density at radius 3 is 2.59 bits per heavy atom. The van der Waals surface area contributed by atoms with Gasteiger partial charge < -0.3 is 14.6 Å². The van der Waals surface area contributed by atoms with Crippen molar-refractivity contribution >= 4 is 5.97 Å². The maximum absolute atomic E-state index is 13.2. The number of ether oxygens (including phenoxy) is 2. The van der Waals surface area contributed by atoms with Crippen molar-refractivity contribution in [2.45, 2.75) is 26.0 Å². The number of benzene rings is 2. The van der Waals surface area contributed by atoms with E-state index in [4.69, 9.17) is 14.6 Å². The Hall–Kier alpha value is -2.44. The molecular formula is C21H24FNO4. The van der Waals surface area contributed by atoms with Gasteiger partial charge >= 0.3 is 5.97 Å².